The molecule has 5 nitrogen and oxygen atoms in total. The molecular formula is C25H20N2O3S. The van der Waals surface area contributed by atoms with Crippen molar-refractivity contribution in [3.05, 3.63) is 83.4 Å². The SMILES string of the molecule is Cc1cccc(C)c1N(C(=O)/C=C/c1ccc2c(c1)OCO2)c1nc2ccccc2s1. The fraction of sp³-hybridized carbons (Fsp3) is 0.120. The summed E-state index contributed by atoms with van der Waals surface area (Å²) in [6, 6.07) is 19.6. The molecule has 0 saturated carbocycles. The number of para-hydroxylation sites is 2. The Morgan fingerprint density at radius 3 is 2.58 bits per heavy atom. The number of amides is 1. The number of anilines is 2. The van der Waals surface area contributed by atoms with E-state index in [9.17, 15) is 4.79 Å². The first-order chi connectivity index (χ1) is 15.1. The number of rotatable bonds is 4. The zero-order valence-corrected chi connectivity index (χ0v) is 18.0. The monoisotopic (exact) mass is 428 g/mol. The summed E-state index contributed by atoms with van der Waals surface area (Å²) in [7, 11) is 0. The smallest absolute Gasteiger partial charge is 0.257 e. The number of carbonyl (C=O) groups excluding carboxylic acids is 1. The number of ether oxygens (including phenoxy) is 2. The van der Waals surface area contributed by atoms with Crippen molar-refractivity contribution in [3.63, 3.8) is 0 Å². The minimum Gasteiger partial charge on any atom is -0.454 e. The molecule has 0 fully saturated rings. The third-order valence-corrected chi connectivity index (χ3v) is 6.19. The molecule has 0 bridgehead atoms. The molecule has 0 N–H and O–H groups in total. The van der Waals surface area contributed by atoms with Gasteiger partial charge in [0.25, 0.3) is 5.91 Å². The van der Waals surface area contributed by atoms with Crippen molar-refractivity contribution in [2.75, 3.05) is 11.7 Å². The van der Waals surface area contributed by atoms with Crippen LogP contribution in [0.2, 0.25) is 0 Å². The first-order valence-corrected chi connectivity index (χ1v) is 10.8. The van der Waals surface area contributed by atoms with Gasteiger partial charge in [0.15, 0.2) is 16.6 Å². The number of thiazole rings is 1. The minimum atomic E-state index is -0.158. The average Bonchev–Trinajstić information content (AvgIpc) is 3.40. The molecule has 6 heteroatoms. The molecule has 154 valence electrons. The van der Waals surface area contributed by atoms with Gasteiger partial charge in [0.1, 0.15) is 0 Å². The van der Waals surface area contributed by atoms with Crippen LogP contribution in [0.25, 0.3) is 16.3 Å². The number of aryl methyl sites for hydroxylation is 2. The highest BCUT2D eigenvalue weighted by molar-refractivity contribution is 7.22. The zero-order valence-electron chi connectivity index (χ0n) is 17.2. The lowest BCUT2D eigenvalue weighted by atomic mass is 10.1. The third kappa shape index (κ3) is 3.66. The van der Waals surface area contributed by atoms with Crippen molar-refractivity contribution in [1.29, 1.82) is 0 Å². The van der Waals surface area contributed by atoms with Crippen LogP contribution < -0.4 is 14.4 Å². The van der Waals surface area contributed by atoms with E-state index in [1.807, 2.05) is 74.5 Å². The van der Waals surface area contributed by atoms with Crippen molar-refractivity contribution >= 4 is 44.4 Å². The van der Waals surface area contributed by atoms with Gasteiger partial charge in [0.2, 0.25) is 6.79 Å². The molecular weight excluding hydrogens is 408 g/mol. The van der Waals surface area contributed by atoms with Crippen LogP contribution in [0.1, 0.15) is 16.7 Å². The molecule has 0 saturated heterocycles. The Balaban J connectivity index is 1.56. The van der Waals surface area contributed by atoms with Crippen LogP contribution >= 0.6 is 11.3 Å². The Labute approximate surface area is 184 Å². The highest BCUT2D eigenvalue weighted by atomic mass is 32.1. The van der Waals surface area contributed by atoms with Gasteiger partial charge in [-0.15, -0.1) is 0 Å². The summed E-state index contributed by atoms with van der Waals surface area (Å²) in [5.41, 5.74) is 4.64. The number of benzene rings is 3. The van der Waals surface area contributed by atoms with Crippen LogP contribution in [-0.2, 0) is 4.79 Å². The zero-order chi connectivity index (χ0) is 21.4. The highest BCUT2D eigenvalue weighted by Crippen LogP contribution is 2.37. The van der Waals surface area contributed by atoms with Gasteiger partial charge in [0, 0.05) is 6.08 Å². The second kappa shape index (κ2) is 7.89. The Kier molecular flexibility index (Phi) is 4.92. The van der Waals surface area contributed by atoms with Crippen molar-refractivity contribution in [2.45, 2.75) is 13.8 Å². The van der Waals surface area contributed by atoms with E-state index < -0.39 is 0 Å². The molecule has 3 aromatic carbocycles. The van der Waals surface area contributed by atoms with Gasteiger partial charge >= 0.3 is 0 Å². The largest absolute Gasteiger partial charge is 0.454 e. The van der Waals surface area contributed by atoms with E-state index in [4.69, 9.17) is 14.5 Å². The second-order valence-electron chi connectivity index (χ2n) is 7.32. The van der Waals surface area contributed by atoms with Gasteiger partial charge in [-0.05, 0) is 60.9 Å². The molecule has 1 aromatic heterocycles. The van der Waals surface area contributed by atoms with Gasteiger partial charge in [-0.2, -0.15) is 0 Å². The van der Waals surface area contributed by atoms with Crippen molar-refractivity contribution in [3.8, 4) is 11.5 Å². The maximum Gasteiger partial charge on any atom is 0.257 e. The number of fused-ring (bicyclic) bond motifs is 2. The third-order valence-electron chi connectivity index (χ3n) is 5.17. The van der Waals surface area contributed by atoms with Crippen molar-refractivity contribution in [1.82, 2.24) is 4.98 Å². The molecule has 0 atom stereocenters. The Morgan fingerprint density at radius 2 is 1.77 bits per heavy atom. The van der Waals surface area contributed by atoms with E-state index in [-0.39, 0.29) is 12.7 Å². The summed E-state index contributed by atoms with van der Waals surface area (Å²) in [6.45, 7) is 4.24. The summed E-state index contributed by atoms with van der Waals surface area (Å²) in [5.74, 6) is 1.25. The maximum atomic E-state index is 13.5. The van der Waals surface area contributed by atoms with Crippen LogP contribution in [0.5, 0.6) is 11.5 Å². The summed E-state index contributed by atoms with van der Waals surface area (Å²) in [6.07, 6.45) is 3.37. The second-order valence-corrected chi connectivity index (χ2v) is 8.33. The summed E-state index contributed by atoms with van der Waals surface area (Å²) in [4.78, 5) is 19.9. The Hall–Kier alpha value is -3.64. The fourth-order valence-corrected chi connectivity index (χ4v) is 4.65. The van der Waals surface area contributed by atoms with E-state index in [1.165, 1.54) is 11.3 Å². The molecule has 0 unspecified atom stereocenters. The summed E-state index contributed by atoms with van der Waals surface area (Å²) < 4.78 is 11.8. The number of carbonyl (C=O) groups is 1. The van der Waals surface area contributed by atoms with Gasteiger partial charge in [0.05, 0.1) is 15.9 Å². The van der Waals surface area contributed by atoms with Crippen molar-refractivity contribution < 1.29 is 14.3 Å². The predicted molar refractivity (Wildman–Crippen MR) is 124 cm³/mol. The maximum absolute atomic E-state index is 13.5. The molecule has 2 heterocycles. The topological polar surface area (TPSA) is 51.7 Å². The van der Waals surface area contributed by atoms with E-state index in [0.717, 1.165) is 38.3 Å². The normalized spacial score (nSPS) is 12.6. The van der Waals surface area contributed by atoms with E-state index >= 15 is 0 Å². The molecule has 1 aliphatic rings. The molecule has 1 aliphatic heterocycles. The van der Waals surface area contributed by atoms with E-state index in [2.05, 4.69) is 0 Å². The molecule has 0 spiro atoms. The summed E-state index contributed by atoms with van der Waals surface area (Å²) in [5, 5.41) is 0.652. The van der Waals surface area contributed by atoms with E-state index in [1.54, 1.807) is 17.1 Å². The lowest BCUT2D eigenvalue weighted by molar-refractivity contribution is -0.113. The van der Waals surface area contributed by atoms with Crippen LogP contribution in [0.15, 0.2) is 66.7 Å². The number of hydrogen-bond acceptors (Lipinski definition) is 5. The van der Waals surface area contributed by atoms with Gasteiger partial charge < -0.3 is 9.47 Å². The highest BCUT2D eigenvalue weighted by Gasteiger charge is 2.23. The lowest BCUT2D eigenvalue weighted by Gasteiger charge is -2.22. The number of aromatic nitrogens is 1. The minimum absolute atomic E-state index is 0.158. The van der Waals surface area contributed by atoms with Crippen molar-refractivity contribution in [2.24, 2.45) is 0 Å². The first kappa shape index (κ1) is 19.3. The predicted octanol–water partition coefficient (Wildman–Crippen LogP) is 6.02. The Bertz CT molecular complexity index is 1270. The van der Waals surface area contributed by atoms with Crippen LogP contribution in [0, 0.1) is 13.8 Å². The van der Waals surface area contributed by atoms with Crippen LogP contribution in [0.3, 0.4) is 0 Å². The molecule has 31 heavy (non-hydrogen) atoms. The van der Waals surface area contributed by atoms with Gasteiger partial charge in [-0.3, -0.25) is 9.69 Å². The molecule has 4 aromatic rings. The summed E-state index contributed by atoms with van der Waals surface area (Å²) >= 11 is 1.51. The first-order valence-electron chi connectivity index (χ1n) is 9.94. The quantitative estimate of drug-likeness (QED) is 0.373. The van der Waals surface area contributed by atoms with Crippen LogP contribution in [-0.4, -0.2) is 17.7 Å². The average molecular weight is 429 g/mol. The van der Waals surface area contributed by atoms with E-state index in [0.29, 0.717) is 10.9 Å². The molecule has 0 aliphatic carbocycles. The van der Waals surface area contributed by atoms with Crippen LogP contribution in [0.4, 0.5) is 10.8 Å². The van der Waals surface area contributed by atoms with Gasteiger partial charge in [-0.25, -0.2) is 4.98 Å². The van der Waals surface area contributed by atoms with Gasteiger partial charge in [-0.1, -0.05) is 47.7 Å². The Morgan fingerprint density at radius 1 is 1.00 bits per heavy atom. The molecule has 1 amide bonds. The molecule has 5 rings (SSSR count). The lowest BCUT2D eigenvalue weighted by Crippen LogP contribution is -2.25. The fourth-order valence-electron chi connectivity index (χ4n) is 3.67. The standard InChI is InChI=1S/C25H20N2O3S/c1-16-6-5-7-17(2)24(16)27(25-26-19-8-3-4-9-22(19)31-25)23(28)13-11-18-10-12-20-21(14-18)30-15-29-20/h3-14H,15H2,1-2H3/b13-11+. The molecule has 0 radical (unpaired) electrons. The number of hydrogen-bond donors (Lipinski definition) is 0. The number of nitrogens with zero attached hydrogens (tertiary/aromatic N) is 2.